The Bertz CT molecular complexity index is 313. The lowest BCUT2D eigenvalue weighted by Crippen LogP contribution is -2.11. The molecule has 0 amide bonds. The van der Waals surface area contributed by atoms with Crippen molar-refractivity contribution in [3.63, 3.8) is 0 Å². The van der Waals surface area contributed by atoms with Gasteiger partial charge in [0.25, 0.3) is 0 Å². The standard InChI is InChI=1S/C9H11ClN2OS/c10-7-1-3-8(4-2-7)14-6-5-9(11)12-13/h1-4,13H,5-6H2,(H2,11,12). The first-order valence-electron chi connectivity index (χ1n) is 4.07. The second-order valence-corrected chi connectivity index (χ2v) is 4.25. The van der Waals surface area contributed by atoms with Crippen LogP contribution in [0.2, 0.25) is 5.02 Å². The number of nitrogens with two attached hydrogens (primary N) is 1. The molecule has 1 aromatic rings. The maximum absolute atomic E-state index is 8.30. The molecule has 0 saturated carbocycles. The Kier molecular flexibility index (Phi) is 4.62. The van der Waals surface area contributed by atoms with E-state index in [-0.39, 0.29) is 5.84 Å². The maximum Gasteiger partial charge on any atom is 0.139 e. The number of hydrogen-bond donors (Lipinski definition) is 2. The summed E-state index contributed by atoms with van der Waals surface area (Å²) in [5.41, 5.74) is 5.33. The summed E-state index contributed by atoms with van der Waals surface area (Å²) in [6.45, 7) is 0. The van der Waals surface area contributed by atoms with Crippen molar-refractivity contribution >= 4 is 29.2 Å². The first-order chi connectivity index (χ1) is 6.72. The number of thioether (sulfide) groups is 1. The zero-order valence-corrected chi connectivity index (χ0v) is 9.05. The van der Waals surface area contributed by atoms with E-state index in [0.717, 1.165) is 15.7 Å². The molecule has 3 nitrogen and oxygen atoms in total. The Morgan fingerprint density at radius 1 is 1.43 bits per heavy atom. The highest BCUT2D eigenvalue weighted by molar-refractivity contribution is 7.99. The van der Waals surface area contributed by atoms with Gasteiger partial charge in [0.15, 0.2) is 0 Å². The second kappa shape index (κ2) is 5.78. The number of rotatable bonds is 4. The molecular weight excluding hydrogens is 220 g/mol. The number of hydrogen-bond acceptors (Lipinski definition) is 3. The molecule has 1 aromatic carbocycles. The minimum absolute atomic E-state index is 0.256. The highest BCUT2D eigenvalue weighted by Crippen LogP contribution is 2.20. The summed E-state index contributed by atoms with van der Waals surface area (Å²) in [7, 11) is 0. The fourth-order valence-electron chi connectivity index (χ4n) is 0.854. The van der Waals surface area contributed by atoms with Crippen molar-refractivity contribution in [1.82, 2.24) is 0 Å². The van der Waals surface area contributed by atoms with Gasteiger partial charge in [-0.3, -0.25) is 0 Å². The maximum atomic E-state index is 8.30. The van der Waals surface area contributed by atoms with Gasteiger partial charge >= 0.3 is 0 Å². The monoisotopic (exact) mass is 230 g/mol. The molecule has 0 atom stereocenters. The van der Waals surface area contributed by atoms with Crippen molar-refractivity contribution in [3.05, 3.63) is 29.3 Å². The number of benzene rings is 1. The fraction of sp³-hybridized carbons (Fsp3) is 0.222. The third-order valence-corrected chi connectivity index (χ3v) is 2.83. The summed E-state index contributed by atoms with van der Waals surface area (Å²) in [5, 5.41) is 11.9. The smallest absolute Gasteiger partial charge is 0.139 e. The van der Waals surface area contributed by atoms with Gasteiger partial charge in [-0.05, 0) is 24.3 Å². The van der Waals surface area contributed by atoms with Gasteiger partial charge in [-0.2, -0.15) is 0 Å². The average Bonchev–Trinajstić information content (AvgIpc) is 2.21. The van der Waals surface area contributed by atoms with E-state index in [9.17, 15) is 0 Å². The molecule has 3 N–H and O–H groups in total. The number of oxime groups is 1. The lowest BCUT2D eigenvalue weighted by molar-refractivity contribution is 0.317. The molecule has 0 heterocycles. The quantitative estimate of drug-likeness (QED) is 0.275. The Hall–Kier alpha value is -0.870. The van der Waals surface area contributed by atoms with E-state index in [2.05, 4.69) is 5.16 Å². The van der Waals surface area contributed by atoms with Gasteiger partial charge in [-0.1, -0.05) is 16.8 Å². The van der Waals surface area contributed by atoms with Gasteiger partial charge in [0.05, 0.1) is 0 Å². The van der Waals surface area contributed by atoms with E-state index in [1.165, 1.54) is 0 Å². The SMILES string of the molecule is N/C(CCSc1ccc(Cl)cc1)=N/O. The van der Waals surface area contributed by atoms with Crippen LogP contribution in [0.4, 0.5) is 0 Å². The van der Waals surface area contributed by atoms with Gasteiger partial charge in [0, 0.05) is 22.1 Å². The van der Waals surface area contributed by atoms with Crippen molar-refractivity contribution in [1.29, 1.82) is 0 Å². The Morgan fingerprint density at radius 3 is 2.64 bits per heavy atom. The molecule has 0 bridgehead atoms. The third-order valence-electron chi connectivity index (χ3n) is 1.57. The normalized spacial score (nSPS) is 11.6. The molecule has 0 radical (unpaired) electrons. The van der Waals surface area contributed by atoms with Crippen molar-refractivity contribution in [2.24, 2.45) is 10.9 Å². The van der Waals surface area contributed by atoms with Crippen molar-refractivity contribution in [3.8, 4) is 0 Å². The Labute approximate surface area is 91.9 Å². The number of amidine groups is 1. The molecule has 14 heavy (non-hydrogen) atoms. The summed E-state index contributed by atoms with van der Waals surface area (Å²) in [6.07, 6.45) is 0.573. The summed E-state index contributed by atoms with van der Waals surface area (Å²) in [4.78, 5) is 1.13. The third kappa shape index (κ3) is 3.89. The van der Waals surface area contributed by atoms with Gasteiger partial charge in [0.1, 0.15) is 5.84 Å². The van der Waals surface area contributed by atoms with Crippen molar-refractivity contribution < 1.29 is 5.21 Å². The van der Waals surface area contributed by atoms with Crippen LogP contribution < -0.4 is 5.73 Å². The molecule has 0 unspecified atom stereocenters. The number of nitrogens with zero attached hydrogens (tertiary/aromatic N) is 1. The Balaban J connectivity index is 2.35. The molecular formula is C9H11ClN2OS. The van der Waals surface area contributed by atoms with Crippen LogP contribution in [0, 0.1) is 0 Å². The van der Waals surface area contributed by atoms with Gasteiger partial charge in [-0.15, -0.1) is 11.8 Å². The summed E-state index contributed by atoms with van der Waals surface area (Å²) in [5.74, 6) is 1.05. The summed E-state index contributed by atoms with van der Waals surface area (Å²) < 4.78 is 0. The molecule has 1 rings (SSSR count). The van der Waals surface area contributed by atoms with Gasteiger partial charge in [0.2, 0.25) is 0 Å². The van der Waals surface area contributed by atoms with E-state index in [1.807, 2.05) is 24.3 Å². The van der Waals surface area contributed by atoms with E-state index in [4.69, 9.17) is 22.5 Å². The zero-order chi connectivity index (χ0) is 10.4. The molecule has 76 valence electrons. The van der Waals surface area contributed by atoms with Gasteiger partial charge < -0.3 is 10.9 Å². The first-order valence-corrected chi connectivity index (χ1v) is 5.43. The van der Waals surface area contributed by atoms with Crippen LogP contribution in [-0.4, -0.2) is 16.8 Å². The van der Waals surface area contributed by atoms with E-state index < -0.39 is 0 Å². The van der Waals surface area contributed by atoms with Crippen LogP contribution in [0.3, 0.4) is 0 Å². The predicted molar refractivity (Wildman–Crippen MR) is 60.2 cm³/mol. The molecule has 5 heteroatoms. The fourth-order valence-corrected chi connectivity index (χ4v) is 1.86. The largest absolute Gasteiger partial charge is 0.409 e. The minimum atomic E-state index is 0.256. The zero-order valence-electron chi connectivity index (χ0n) is 7.48. The molecule has 0 fully saturated rings. The topological polar surface area (TPSA) is 58.6 Å². The van der Waals surface area contributed by atoms with E-state index >= 15 is 0 Å². The van der Waals surface area contributed by atoms with Crippen LogP contribution in [0.1, 0.15) is 6.42 Å². The van der Waals surface area contributed by atoms with Crippen LogP contribution in [0.5, 0.6) is 0 Å². The lowest BCUT2D eigenvalue weighted by atomic mass is 10.4. The number of halogens is 1. The average molecular weight is 231 g/mol. The van der Waals surface area contributed by atoms with E-state index in [0.29, 0.717) is 6.42 Å². The summed E-state index contributed by atoms with van der Waals surface area (Å²) >= 11 is 7.38. The summed E-state index contributed by atoms with van der Waals surface area (Å²) in [6, 6.07) is 7.57. The highest BCUT2D eigenvalue weighted by atomic mass is 35.5. The first kappa shape index (κ1) is 11.2. The predicted octanol–water partition coefficient (Wildman–Crippen LogP) is 2.57. The van der Waals surface area contributed by atoms with Crippen molar-refractivity contribution in [2.45, 2.75) is 11.3 Å². The second-order valence-electron chi connectivity index (χ2n) is 2.64. The van der Waals surface area contributed by atoms with Gasteiger partial charge in [-0.25, -0.2) is 0 Å². The minimum Gasteiger partial charge on any atom is -0.409 e. The van der Waals surface area contributed by atoms with Crippen LogP contribution in [-0.2, 0) is 0 Å². The lowest BCUT2D eigenvalue weighted by Gasteiger charge is -2.00. The Morgan fingerprint density at radius 2 is 2.07 bits per heavy atom. The molecule has 0 aliphatic rings. The van der Waals surface area contributed by atoms with E-state index in [1.54, 1.807) is 11.8 Å². The molecule has 0 saturated heterocycles. The van der Waals surface area contributed by atoms with Crippen LogP contribution in [0.25, 0.3) is 0 Å². The molecule has 0 aromatic heterocycles. The van der Waals surface area contributed by atoms with Crippen molar-refractivity contribution in [2.75, 3.05) is 5.75 Å². The molecule has 0 spiro atoms. The van der Waals surface area contributed by atoms with Crippen LogP contribution >= 0.6 is 23.4 Å². The highest BCUT2D eigenvalue weighted by Gasteiger charge is 1.96. The van der Waals surface area contributed by atoms with Crippen LogP contribution in [0.15, 0.2) is 34.3 Å². The molecule has 0 aliphatic carbocycles. The molecule has 0 aliphatic heterocycles.